The number of aliphatic hydroxyl groups is 1. The van der Waals surface area contributed by atoms with Crippen molar-refractivity contribution in [1.29, 1.82) is 0 Å². The first-order valence-electron chi connectivity index (χ1n) is 9.21. The van der Waals surface area contributed by atoms with Crippen molar-refractivity contribution >= 4 is 7.14 Å². The van der Waals surface area contributed by atoms with E-state index in [1.807, 2.05) is 6.66 Å². The van der Waals surface area contributed by atoms with Crippen LogP contribution in [0.2, 0.25) is 0 Å². The molecule has 0 aromatic rings. The molecule has 0 aliphatic carbocycles. The van der Waals surface area contributed by atoms with Gasteiger partial charge in [0.25, 0.3) is 0 Å². The second-order valence-electron chi connectivity index (χ2n) is 6.94. The van der Waals surface area contributed by atoms with Gasteiger partial charge in [0.1, 0.15) is 0 Å². The van der Waals surface area contributed by atoms with Crippen molar-refractivity contribution in [3.8, 4) is 0 Å². The highest BCUT2D eigenvalue weighted by Crippen LogP contribution is 2.42. The first kappa shape index (κ1) is 21.2. The third kappa shape index (κ3) is 16.4. The summed E-state index contributed by atoms with van der Waals surface area (Å²) >= 11 is 0. The van der Waals surface area contributed by atoms with Crippen molar-refractivity contribution in [3.63, 3.8) is 0 Å². The van der Waals surface area contributed by atoms with Gasteiger partial charge in [-0.15, -0.1) is 0 Å². The summed E-state index contributed by atoms with van der Waals surface area (Å²) in [7, 11) is -2.08. The van der Waals surface area contributed by atoms with Gasteiger partial charge in [-0.3, -0.25) is 0 Å². The standard InChI is InChI=1S/C18H39O2P/c1-4-5-6-7-8-9-10-11-12-13-14-15-16-21(3,20)17-18(2)19/h18-19H,4-17H2,1-3H3. The van der Waals surface area contributed by atoms with E-state index >= 15 is 0 Å². The largest absolute Gasteiger partial charge is 0.393 e. The van der Waals surface area contributed by atoms with Gasteiger partial charge in [0, 0.05) is 12.3 Å². The molecular formula is C18H39O2P. The minimum Gasteiger partial charge on any atom is -0.393 e. The van der Waals surface area contributed by atoms with Gasteiger partial charge in [-0.25, -0.2) is 0 Å². The van der Waals surface area contributed by atoms with Crippen LogP contribution in [0.1, 0.15) is 90.9 Å². The predicted molar refractivity (Wildman–Crippen MR) is 96.0 cm³/mol. The molecule has 2 atom stereocenters. The van der Waals surface area contributed by atoms with Crippen molar-refractivity contribution in [2.45, 2.75) is 97.0 Å². The maximum atomic E-state index is 12.1. The Kier molecular flexibility index (Phi) is 14.0. The van der Waals surface area contributed by atoms with Gasteiger partial charge in [0.2, 0.25) is 0 Å². The van der Waals surface area contributed by atoms with Gasteiger partial charge in [-0.2, -0.15) is 0 Å². The summed E-state index contributed by atoms with van der Waals surface area (Å²) in [4.78, 5) is 0. The zero-order valence-electron chi connectivity index (χ0n) is 14.8. The Morgan fingerprint density at radius 3 is 1.57 bits per heavy atom. The second kappa shape index (κ2) is 13.8. The molecule has 0 aliphatic heterocycles. The van der Waals surface area contributed by atoms with Crippen LogP contribution in [0.3, 0.4) is 0 Å². The fraction of sp³-hybridized carbons (Fsp3) is 1.00. The molecule has 0 aliphatic rings. The van der Waals surface area contributed by atoms with Crippen LogP contribution >= 0.6 is 7.14 Å². The molecule has 0 fully saturated rings. The molecule has 2 nitrogen and oxygen atoms in total. The zero-order valence-corrected chi connectivity index (χ0v) is 15.7. The Morgan fingerprint density at radius 2 is 1.19 bits per heavy atom. The summed E-state index contributed by atoms with van der Waals surface area (Å²) in [5.41, 5.74) is 0. The van der Waals surface area contributed by atoms with E-state index in [0.717, 1.165) is 12.6 Å². The highest BCUT2D eigenvalue weighted by atomic mass is 31.2. The predicted octanol–water partition coefficient (Wildman–Crippen LogP) is 6.06. The quantitative estimate of drug-likeness (QED) is 0.294. The highest BCUT2D eigenvalue weighted by Gasteiger charge is 2.16. The molecule has 0 rings (SSSR count). The van der Waals surface area contributed by atoms with Gasteiger partial charge in [0.05, 0.1) is 13.2 Å². The van der Waals surface area contributed by atoms with Crippen LogP contribution in [0, 0.1) is 0 Å². The van der Waals surface area contributed by atoms with E-state index < -0.39 is 13.2 Å². The maximum Gasteiger partial charge on any atom is 0.0873 e. The van der Waals surface area contributed by atoms with E-state index in [4.69, 9.17) is 0 Å². The van der Waals surface area contributed by atoms with E-state index in [2.05, 4.69) is 6.92 Å². The third-order valence-electron chi connectivity index (χ3n) is 4.14. The average molecular weight is 318 g/mol. The third-order valence-corrected chi connectivity index (χ3v) is 6.70. The lowest BCUT2D eigenvalue weighted by Gasteiger charge is -2.14. The Balaban J connectivity index is 3.24. The van der Waals surface area contributed by atoms with Gasteiger partial charge in [-0.1, -0.05) is 77.6 Å². The lowest BCUT2D eigenvalue weighted by Crippen LogP contribution is -2.08. The van der Waals surface area contributed by atoms with Crippen molar-refractivity contribution < 1.29 is 9.67 Å². The smallest absolute Gasteiger partial charge is 0.0873 e. The second-order valence-corrected chi connectivity index (χ2v) is 10.3. The van der Waals surface area contributed by atoms with Crippen molar-refractivity contribution in [1.82, 2.24) is 0 Å². The van der Waals surface area contributed by atoms with Crippen LogP contribution in [0.5, 0.6) is 0 Å². The average Bonchev–Trinajstić information content (AvgIpc) is 2.38. The van der Waals surface area contributed by atoms with Gasteiger partial charge >= 0.3 is 0 Å². The number of hydrogen-bond acceptors (Lipinski definition) is 2. The maximum absolute atomic E-state index is 12.1. The monoisotopic (exact) mass is 318 g/mol. The number of hydrogen-bond donors (Lipinski definition) is 1. The molecule has 1 N–H and O–H groups in total. The molecule has 3 heteroatoms. The van der Waals surface area contributed by atoms with Crippen molar-refractivity contribution in [2.75, 3.05) is 19.0 Å². The summed E-state index contributed by atoms with van der Waals surface area (Å²) in [6.45, 7) is 5.85. The molecule has 0 amide bonds. The lowest BCUT2D eigenvalue weighted by atomic mass is 10.1. The van der Waals surface area contributed by atoms with Gasteiger partial charge in [0.15, 0.2) is 0 Å². The molecule has 0 radical (unpaired) electrons. The molecule has 128 valence electrons. The molecule has 0 saturated carbocycles. The highest BCUT2D eigenvalue weighted by molar-refractivity contribution is 7.63. The molecule has 0 aromatic carbocycles. The molecule has 0 aromatic heterocycles. The fourth-order valence-corrected chi connectivity index (χ4v) is 5.13. The summed E-state index contributed by atoms with van der Waals surface area (Å²) in [5, 5.41) is 9.31. The molecule has 2 unspecified atom stereocenters. The molecular weight excluding hydrogens is 279 g/mol. The Bertz CT molecular complexity index is 264. The van der Waals surface area contributed by atoms with E-state index in [1.54, 1.807) is 6.92 Å². The van der Waals surface area contributed by atoms with Crippen molar-refractivity contribution in [2.24, 2.45) is 0 Å². The van der Waals surface area contributed by atoms with Crippen molar-refractivity contribution in [3.05, 3.63) is 0 Å². The van der Waals surface area contributed by atoms with E-state index in [9.17, 15) is 9.67 Å². The number of rotatable bonds is 15. The molecule has 0 bridgehead atoms. The fourth-order valence-electron chi connectivity index (χ4n) is 2.94. The Labute approximate surface area is 133 Å². The topological polar surface area (TPSA) is 37.3 Å². The summed E-state index contributed by atoms with van der Waals surface area (Å²) in [5.74, 6) is 0. The zero-order chi connectivity index (χ0) is 16.0. The van der Waals surface area contributed by atoms with Crippen LogP contribution in [0.15, 0.2) is 0 Å². The van der Waals surface area contributed by atoms with Gasteiger partial charge < -0.3 is 9.67 Å². The number of aliphatic hydroxyl groups excluding tert-OH is 1. The first-order chi connectivity index (χ1) is 9.98. The van der Waals surface area contributed by atoms with Crippen LogP contribution < -0.4 is 0 Å². The van der Waals surface area contributed by atoms with E-state index in [-0.39, 0.29) is 0 Å². The molecule has 0 spiro atoms. The Hall–Kier alpha value is 0.190. The first-order valence-corrected chi connectivity index (χ1v) is 11.7. The molecule has 0 heterocycles. The van der Waals surface area contributed by atoms with Gasteiger partial charge in [-0.05, 0) is 20.0 Å². The molecule has 0 saturated heterocycles. The van der Waals surface area contributed by atoms with Crippen LogP contribution in [0.25, 0.3) is 0 Å². The lowest BCUT2D eigenvalue weighted by molar-refractivity contribution is 0.217. The van der Waals surface area contributed by atoms with Crippen LogP contribution in [-0.4, -0.2) is 30.2 Å². The normalized spacial score (nSPS) is 15.8. The minimum atomic E-state index is -2.08. The van der Waals surface area contributed by atoms with Crippen LogP contribution in [0.4, 0.5) is 0 Å². The van der Waals surface area contributed by atoms with E-state index in [0.29, 0.717) is 6.16 Å². The van der Waals surface area contributed by atoms with E-state index in [1.165, 1.54) is 70.6 Å². The minimum absolute atomic E-state index is 0.418. The Morgan fingerprint density at radius 1 is 0.810 bits per heavy atom. The summed E-state index contributed by atoms with van der Waals surface area (Å²) in [6.07, 6.45) is 16.9. The number of unbranched alkanes of at least 4 members (excludes halogenated alkanes) is 11. The summed E-state index contributed by atoms with van der Waals surface area (Å²) < 4.78 is 12.1. The SMILES string of the molecule is CCCCCCCCCCCCCCP(C)(=O)CC(C)O. The molecule has 21 heavy (non-hydrogen) atoms. The summed E-state index contributed by atoms with van der Waals surface area (Å²) in [6, 6.07) is 0. The van der Waals surface area contributed by atoms with Crippen LogP contribution in [-0.2, 0) is 4.57 Å².